The number of benzene rings is 1. The van der Waals surface area contributed by atoms with Crippen molar-refractivity contribution in [1.29, 1.82) is 0 Å². The molecule has 0 aliphatic carbocycles. The van der Waals surface area contributed by atoms with E-state index in [1.807, 2.05) is 6.07 Å². The minimum absolute atomic E-state index is 0.141. The summed E-state index contributed by atoms with van der Waals surface area (Å²) in [6, 6.07) is 9.72. The van der Waals surface area contributed by atoms with E-state index >= 15 is 0 Å². The van der Waals surface area contributed by atoms with Crippen molar-refractivity contribution in [2.24, 2.45) is 7.05 Å². The van der Waals surface area contributed by atoms with Crippen molar-refractivity contribution in [2.75, 3.05) is 33.9 Å². The Morgan fingerprint density at radius 3 is 2.21 bits per heavy atom. The molecule has 0 saturated carbocycles. The number of hydrogen-bond acceptors (Lipinski definition) is 4. The average molecular weight is 386 g/mol. The Bertz CT molecular complexity index is 757. The van der Waals surface area contributed by atoms with Crippen molar-refractivity contribution in [2.45, 2.75) is 31.7 Å². The van der Waals surface area contributed by atoms with Crippen LogP contribution >= 0.6 is 0 Å². The number of hydrogen-bond donors (Lipinski definition) is 1. The Morgan fingerprint density at radius 2 is 1.68 bits per heavy atom. The molecule has 2 heterocycles. The van der Waals surface area contributed by atoms with Gasteiger partial charge >= 0.3 is 0 Å². The molecule has 0 spiro atoms. The minimum Gasteiger partial charge on any atom is -0.496 e. The van der Waals surface area contributed by atoms with E-state index in [0.29, 0.717) is 23.6 Å². The fourth-order valence-corrected chi connectivity index (χ4v) is 4.00. The van der Waals surface area contributed by atoms with Crippen LogP contribution in [-0.4, -0.2) is 49.2 Å². The summed E-state index contributed by atoms with van der Waals surface area (Å²) in [5.41, 5.74) is 1.66. The lowest BCUT2D eigenvalue weighted by Gasteiger charge is -2.31. The number of aromatic nitrogens is 1. The van der Waals surface area contributed by atoms with Gasteiger partial charge in [-0.1, -0.05) is 18.9 Å². The van der Waals surface area contributed by atoms with E-state index in [0.717, 1.165) is 13.1 Å². The molecule has 28 heavy (non-hydrogen) atoms. The molecule has 0 bridgehead atoms. The monoisotopic (exact) mass is 385 g/mol. The van der Waals surface area contributed by atoms with E-state index in [1.165, 1.54) is 31.4 Å². The lowest BCUT2D eigenvalue weighted by molar-refractivity contribution is 0.0925. The van der Waals surface area contributed by atoms with Gasteiger partial charge in [0.1, 0.15) is 17.1 Å². The van der Waals surface area contributed by atoms with Crippen LogP contribution in [-0.2, 0) is 7.05 Å². The number of nitrogens with one attached hydrogen (secondary N) is 1. The standard InChI is InChI=1S/C22H31N3O3/c1-24-13-9-10-17(24)18(25-14-6-4-5-7-15-25)16-23-22(26)21-19(27-2)11-8-12-20(21)28-3/h8-13,18H,4-7,14-16H2,1-3H3,(H,23,26). The molecule has 1 aromatic carbocycles. The number of carbonyl (C=O) groups excluding carboxylic acids is 1. The number of likely N-dealkylation sites (tertiary alicyclic amines) is 1. The van der Waals surface area contributed by atoms with Gasteiger partial charge in [0, 0.05) is 25.5 Å². The molecule has 1 saturated heterocycles. The topological polar surface area (TPSA) is 55.7 Å². The molecule has 3 rings (SSSR count). The Balaban J connectivity index is 1.80. The smallest absolute Gasteiger partial charge is 0.258 e. The first kappa shape index (κ1) is 20.3. The molecule has 1 aliphatic heterocycles. The quantitative estimate of drug-likeness (QED) is 0.794. The normalized spacial score (nSPS) is 16.2. The summed E-state index contributed by atoms with van der Waals surface area (Å²) in [6.45, 7) is 2.66. The van der Waals surface area contributed by atoms with Crippen LogP contribution in [0.3, 0.4) is 0 Å². The van der Waals surface area contributed by atoms with Crippen molar-refractivity contribution in [3.8, 4) is 11.5 Å². The molecule has 1 aliphatic rings. The Kier molecular flexibility index (Phi) is 6.98. The number of ether oxygens (including phenoxy) is 2. The highest BCUT2D eigenvalue weighted by atomic mass is 16.5. The number of methoxy groups -OCH3 is 2. The van der Waals surface area contributed by atoms with Gasteiger partial charge in [-0.25, -0.2) is 0 Å². The van der Waals surface area contributed by atoms with E-state index in [9.17, 15) is 4.79 Å². The summed E-state index contributed by atoms with van der Waals surface area (Å²) in [5.74, 6) is 0.854. The van der Waals surface area contributed by atoms with Crippen LogP contribution < -0.4 is 14.8 Å². The molecule has 152 valence electrons. The van der Waals surface area contributed by atoms with Crippen molar-refractivity contribution in [3.63, 3.8) is 0 Å². The Labute approximate surface area is 167 Å². The van der Waals surface area contributed by atoms with Gasteiger partial charge in [-0.05, 0) is 50.2 Å². The van der Waals surface area contributed by atoms with E-state index in [4.69, 9.17) is 9.47 Å². The highest BCUT2D eigenvalue weighted by Crippen LogP contribution is 2.29. The molecular formula is C22H31N3O3. The van der Waals surface area contributed by atoms with Crippen LogP contribution in [0.2, 0.25) is 0 Å². The molecule has 1 aromatic heterocycles. The fourth-order valence-electron chi connectivity index (χ4n) is 4.00. The number of carbonyl (C=O) groups is 1. The van der Waals surface area contributed by atoms with E-state index < -0.39 is 0 Å². The lowest BCUT2D eigenvalue weighted by atomic mass is 10.1. The van der Waals surface area contributed by atoms with E-state index in [1.54, 1.807) is 26.4 Å². The maximum atomic E-state index is 13.0. The van der Waals surface area contributed by atoms with Gasteiger partial charge in [-0.15, -0.1) is 0 Å². The van der Waals surface area contributed by atoms with Crippen LogP contribution in [0.4, 0.5) is 0 Å². The van der Waals surface area contributed by atoms with Crippen molar-refractivity contribution in [1.82, 2.24) is 14.8 Å². The van der Waals surface area contributed by atoms with Gasteiger partial charge in [0.05, 0.1) is 20.3 Å². The molecule has 1 unspecified atom stereocenters. The number of aryl methyl sites for hydroxylation is 1. The van der Waals surface area contributed by atoms with Crippen molar-refractivity contribution >= 4 is 5.91 Å². The second-order valence-electron chi connectivity index (χ2n) is 7.26. The molecule has 6 nitrogen and oxygen atoms in total. The van der Waals surface area contributed by atoms with Gasteiger partial charge in [0.15, 0.2) is 0 Å². The van der Waals surface area contributed by atoms with Crippen LogP contribution in [0.15, 0.2) is 36.5 Å². The molecule has 2 aromatic rings. The maximum Gasteiger partial charge on any atom is 0.258 e. The lowest BCUT2D eigenvalue weighted by Crippen LogP contribution is -2.39. The Morgan fingerprint density at radius 1 is 1.04 bits per heavy atom. The first-order valence-corrected chi connectivity index (χ1v) is 10.00. The largest absolute Gasteiger partial charge is 0.496 e. The molecule has 0 radical (unpaired) electrons. The van der Waals surface area contributed by atoms with Crippen LogP contribution in [0.1, 0.15) is 47.8 Å². The molecule has 1 N–H and O–H groups in total. The summed E-state index contributed by atoms with van der Waals surface area (Å²) in [4.78, 5) is 15.5. The summed E-state index contributed by atoms with van der Waals surface area (Å²) < 4.78 is 12.9. The third kappa shape index (κ3) is 4.50. The molecule has 1 amide bonds. The van der Waals surface area contributed by atoms with Gasteiger partial charge in [-0.2, -0.15) is 0 Å². The molecular weight excluding hydrogens is 354 g/mol. The van der Waals surface area contributed by atoms with Crippen LogP contribution in [0.5, 0.6) is 11.5 Å². The third-order valence-corrected chi connectivity index (χ3v) is 5.52. The zero-order valence-electron chi connectivity index (χ0n) is 17.1. The van der Waals surface area contributed by atoms with E-state index in [-0.39, 0.29) is 11.9 Å². The second kappa shape index (κ2) is 9.64. The summed E-state index contributed by atoms with van der Waals surface area (Å²) >= 11 is 0. The maximum absolute atomic E-state index is 13.0. The second-order valence-corrected chi connectivity index (χ2v) is 7.26. The number of amides is 1. The summed E-state index contributed by atoms with van der Waals surface area (Å²) in [7, 11) is 5.19. The van der Waals surface area contributed by atoms with E-state index in [2.05, 4.69) is 40.2 Å². The van der Waals surface area contributed by atoms with Gasteiger partial charge in [0.25, 0.3) is 5.91 Å². The predicted molar refractivity (Wildman–Crippen MR) is 110 cm³/mol. The van der Waals surface area contributed by atoms with Crippen LogP contribution in [0, 0.1) is 0 Å². The van der Waals surface area contributed by atoms with Crippen LogP contribution in [0.25, 0.3) is 0 Å². The zero-order valence-corrected chi connectivity index (χ0v) is 17.1. The summed E-state index contributed by atoms with van der Waals surface area (Å²) in [5, 5.41) is 3.13. The van der Waals surface area contributed by atoms with Gasteiger partial charge in [-0.3, -0.25) is 9.69 Å². The first-order valence-electron chi connectivity index (χ1n) is 10.00. The average Bonchev–Trinajstić information content (AvgIpc) is 2.96. The Hall–Kier alpha value is -2.47. The number of rotatable bonds is 7. The molecule has 1 atom stereocenters. The minimum atomic E-state index is -0.177. The number of nitrogens with zero attached hydrogens (tertiary/aromatic N) is 2. The predicted octanol–water partition coefficient (Wildman–Crippen LogP) is 3.39. The SMILES string of the molecule is COc1cccc(OC)c1C(=O)NCC(c1cccn1C)N1CCCCCC1. The highest BCUT2D eigenvalue weighted by Gasteiger charge is 2.25. The zero-order chi connectivity index (χ0) is 19.9. The van der Waals surface area contributed by atoms with Crippen molar-refractivity contribution < 1.29 is 14.3 Å². The summed E-state index contributed by atoms with van der Waals surface area (Å²) in [6.07, 6.45) is 7.03. The fraction of sp³-hybridized carbons (Fsp3) is 0.500. The van der Waals surface area contributed by atoms with Gasteiger partial charge < -0.3 is 19.4 Å². The third-order valence-electron chi connectivity index (χ3n) is 5.52. The highest BCUT2D eigenvalue weighted by molar-refractivity contribution is 5.99. The molecule has 6 heteroatoms. The molecule has 1 fully saturated rings. The van der Waals surface area contributed by atoms with Crippen molar-refractivity contribution in [3.05, 3.63) is 47.8 Å². The van der Waals surface area contributed by atoms with Gasteiger partial charge in [0.2, 0.25) is 0 Å². The first-order chi connectivity index (χ1) is 13.7.